The van der Waals surface area contributed by atoms with Crippen LogP contribution in [-0.2, 0) is 0 Å². The molecule has 102 valence electrons. The fourth-order valence-corrected chi connectivity index (χ4v) is 2.28. The molecule has 0 unspecified atom stereocenters. The lowest BCUT2D eigenvalue weighted by atomic mass is 10.2. The highest BCUT2D eigenvalue weighted by atomic mass is 35.5. The van der Waals surface area contributed by atoms with Crippen LogP contribution in [0, 0.1) is 5.82 Å². The van der Waals surface area contributed by atoms with Gasteiger partial charge in [0.05, 0.1) is 18.3 Å². The summed E-state index contributed by atoms with van der Waals surface area (Å²) in [5.41, 5.74) is 8.43. The number of nitrogens with two attached hydrogens (primary N) is 1. The number of hydrogen-bond donors (Lipinski definition) is 2. The van der Waals surface area contributed by atoms with Crippen LogP contribution in [0.15, 0.2) is 30.3 Å². The van der Waals surface area contributed by atoms with Gasteiger partial charge in [-0.05, 0) is 30.3 Å². The lowest BCUT2D eigenvalue weighted by Crippen LogP contribution is -1.89. The topological polar surface area (TPSA) is 63.9 Å². The van der Waals surface area contributed by atoms with Crippen LogP contribution in [0.2, 0.25) is 5.02 Å². The summed E-state index contributed by atoms with van der Waals surface area (Å²) in [4.78, 5) is 7.52. The Morgan fingerprint density at radius 1 is 1.30 bits per heavy atom. The van der Waals surface area contributed by atoms with Gasteiger partial charge in [0.25, 0.3) is 0 Å². The van der Waals surface area contributed by atoms with Crippen molar-refractivity contribution in [2.24, 2.45) is 0 Å². The van der Waals surface area contributed by atoms with Gasteiger partial charge in [-0.15, -0.1) is 0 Å². The summed E-state index contributed by atoms with van der Waals surface area (Å²) in [7, 11) is 1.42. The predicted molar refractivity (Wildman–Crippen MR) is 77.5 cm³/mol. The van der Waals surface area contributed by atoms with Crippen LogP contribution in [0.1, 0.15) is 0 Å². The highest BCUT2D eigenvalue weighted by Crippen LogP contribution is 2.29. The van der Waals surface area contributed by atoms with E-state index >= 15 is 0 Å². The van der Waals surface area contributed by atoms with E-state index in [1.165, 1.54) is 13.2 Å². The summed E-state index contributed by atoms with van der Waals surface area (Å²) in [5, 5.41) is 0.530. The Morgan fingerprint density at radius 3 is 2.85 bits per heavy atom. The molecule has 0 saturated carbocycles. The minimum absolute atomic E-state index is 0.161. The third-order valence-corrected chi connectivity index (χ3v) is 3.22. The Morgan fingerprint density at radius 2 is 2.10 bits per heavy atom. The van der Waals surface area contributed by atoms with E-state index in [0.717, 1.165) is 5.52 Å². The van der Waals surface area contributed by atoms with Gasteiger partial charge in [-0.2, -0.15) is 0 Å². The second-order valence-corrected chi connectivity index (χ2v) is 4.76. The number of nitrogens with one attached hydrogen (secondary N) is 1. The summed E-state index contributed by atoms with van der Waals surface area (Å²) in [6.07, 6.45) is 0. The number of halogens is 2. The number of hydrogen-bond acceptors (Lipinski definition) is 3. The molecular formula is C14H11ClFN3O. The molecule has 0 amide bonds. The third kappa shape index (κ3) is 2.06. The average molecular weight is 292 g/mol. The first-order chi connectivity index (χ1) is 9.58. The van der Waals surface area contributed by atoms with Crippen molar-refractivity contribution < 1.29 is 9.13 Å². The van der Waals surface area contributed by atoms with Crippen LogP contribution >= 0.6 is 11.6 Å². The fraction of sp³-hybridized carbons (Fsp3) is 0.0714. The first-order valence-corrected chi connectivity index (χ1v) is 6.25. The van der Waals surface area contributed by atoms with Gasteiger partial charge in [0.1, 0.15) is 11.3 Å². The van der Waals surface area contributed by atoms with Crippen molar-refractivity contribution >= 4 is 28.3 Å². The number of aromatic amines is 1. The molecule has 0 bridgehead atoms. The number of imidazole rings is 1. The molecule has 4 nitrogen and oxygen atoms in total. The van der Waals surface area contributed by atoms with Crippen LogP contribution < -0.4 is 10.5 Å². The zero-order chi connectivity index (χ0) is 14.3. The number of nitrogen functional groups attached to an aromatic ring is 1. The molecule has 3 aromatic rings. The smallest absolute Gasteiger partial charge is 0.165 e. The van der Waals surface area contributed by atoms with Crippen molar-refractivity contribution in [2.45, 2.75) is 0 Å². The van der Waals surface area contributed by atoms with Crippen LogP contribution in [-0.4, -0.2) is 17.1 Å². The quantitative estimate of drug-likeness (QED) is 0.709. The molecular weight excluding hydrogens is 281 g/mol. The lowest BCUT2D eigenvalue weighted by molar-refractivity contribution is 0.387. The molecule has 0 saturated heterocycles. The number of anilines is 1. The Balaban J connectivity index is 2.17. The second-order valence-electron chi connectivity index (χ2n) is 4.33. The molecule has 0 fully saturated rings. The normalized spacial score (nSPS) is 10.9. The molecule has 0 aliphatic heterocycles. The van der Waals surface area contributed by atoms with Gasteiger partial charge in [-0.1, -0.05) is 11.6 Å². The molecule has 1 aromatic heterocycles. The Labute approximate surface area is 119 Å². The number of nitrogens with zero attached hydrogens (tertiary/aromatic N) is 1. The van der Waals surface area contributed by atoms with E-state index in [9.17, 15) is 4.39 Å². The van der Waals surface area contributed by atoms with Gasteiger partial charge in [-0.25, -0.2) is 9.37 Å². The van der Waals surface area contributed by atoms with Crippen LogP contribution in [0.5, 0.6) is 5.75 Å². The molecule has 2 aromatic carbocycles. The fourth-order valence-electron chi connectivity index (χ4n) is 2.05. The summed E-state index contributed by atoms with van der Waals surface area (Å²) in [5.74, 6) is 0.316. The highest BCUT2D eigenvalue weighted by Gasteiger charge is 2.11. The molecule has 0 atom stereocenters. The number of ether oxygens (including phenoxy) is 1. The molecule has 0 spiro atoms. The van der Waals surface area contributed by atoms with Gasteiger partial charge in [0.2, 0.25) is 0 Å². The highest BCUT2D eigenvalue weighted by molar-refractivity contribution is 6.31. The second kappa shape index (κ2) is 4.68. The van der Waals surface area contributed by atoms with Crippen molar-refractivity contribution in [1.82, 2.24) is 9.97 Å². The predicted octanol–water partition coefficient (Wildman–Crippen LogP) is 3.61. The number of H-pyrrole nitrogens is 1. The van der Waals surface area contributed by atoms with Crippen molar-refractivity contribution in [3.05, 3.63) is 41.2 Å². The summed E-state index contributed by atoms with van der Waals surface area (Å²) >= 11 is 5.95. The lowest BCUT2D eigenvalue weighted by Gasteiger charge is -2.03. The van der Waals surface area contributed by atoms with E-state index in [4.69, 9.17) is 22.1 Å². The van der Waals surface area contributed by atoms with E-state index in [-0.39, 0.29) is 5.75 Å². The first kappa shape index (κ1) is 12.7. The Bertz CT molecular complexity index is 800. The largest absolute Gasteiger partial charge is 0.494 e. The molecule has 3 rings (SSSR count). The number of fused-ring (bicyclic) bond motifs is 1. The molecule has 20 heavy (non-hydrogen) atoms. The van der Waals surface area contributed by atoms with Gasteiger partial charge in [0.15, 0.2) is 11.6 Å². The third-order valence-electron chi connectivity index (χ3n) is 3.01. The number of methoxy groups -OCH3 is 1. The Hall–Kier alpha value is -2.27. The zero-order valence-corrected chi connectivity index (χ0v) is 11.3. The maximum atomic E-state index is 13.4. The molecule has 1 heterocycles. The first-order valence-electron chi connectivity index (χ1n) is 5.87. The van der Waals surface area contributed by atoms with Gasteiger partial charge >= 0.3 is 0 Å². The van der Waals surface area contributed by atoms with Crippen LogP contribution in [0.4, 0.5) is 10.1 Å². The van der Waals surface area contributed by atoms with Crippen molar-refractivity contribution in [3.8, 4) is 17.1 Å². The van der Waals surface area contributed by atoms with Gasteiger partial charge < -0.3 is 15.5 Å². The summed E-state index contributed by atoms with van der Waals surface area (Å²) < 4.78 is 18.4. The maximum Gasteiger partial charge on any atom is 0.165 e. The number of rotatable bonds is 2. The van der Waals surface area contributed by atoms with Crippen molar-refractivity contribution in [3.63, 3.8) is 0 Å². The standard InChI is InChI=1S/C14H11ClFN3O/c1-20-12-4-7(2-3-9(12)16)14-18-11-6-8(15)5-10(17)13(11)19-14/h2-6H,17H2,1H3,(H,18,19). The average Bonchev–Trinajstić information content (AvgIpc) is 2.83. The molecule has 0 aliphatic carbocycles. The van der Waals surface area contributed by atoms with Crippen molar-refractivity contribution in [1.29, 1.82) is 0 Å². The van der Waals surface area contributed by atoms with E-state index in [0.29, 0.717) is 27.6 Å². The molecule has 3 N–H and O–H groups in total. The van der Waals surface area contributed by atoms with E-state index in [1.807, 2.05) is 0 Å². The number of benzene rings is 2. The molecule has 0 aliphatic rings. The minimum Gasteiger partial charge on any atom is -0.494 e. The molecule has 6 heteroatoms. The maximum absolute atomic E-state index is 13.4. The Kier molecular flexibility index (Phi) is 2.99. The van der Waals surface area contributed by atoms with E-state index < -0.39 is 5.82 Å². The zero-order valence-electron chi connectivity index (χ0n) is 10.6. The molecule has 0 radical (unpaired) electrons. The van der Waals surface area contributed by atoms with Crippen molar-refractivity contribution in [2.75, 3.05) is 12.8 Å². The minimum atomic E-state index is -0.421. The van der Waals surface area contributed by atoms with Gasteiger partial charge in [-0.3, -0.25) is 0 Å². The SMILES string of the molecule is COc1cc(-c2nc3c(N)cc(Cl)cc3[nH]2)ccc1F. The van der Waals surface area contributed by atoms with Gasteiger partial charge in [0, 0.05) is 10.6 Å². The number of aromatic nitrogens is 2. The van der Waals surface area contributed by atoms with E-state index in [2.05, 4.69) is 9.97 Å². The van der Waals surface area contributed by atoms with Crippen LogP contribution in [0.3, 0.4) is 0 Å². The van der Waals surface area contributed by atoms with E-state index in [1.54, 1.807) is 24.3 Å². The summed E-state index contributed by atoms with van der Waals surface area (Å²) in [6, 6.07) is 7.90. The van der Waals surface area contributed by atoms with Crippen LogP contribution in [0.25, 0.3) is 22.4 Å². The summed E-state index contributed by atoms with van der Waals surface area (Å²) in [6.45, 7) is 0. The monoisotopic (exact) mass is 291 g/mol.